The Bertz CT molecular complexity index is 427. The summed E-state index contributed by atoms with van der Waals surface area (Å²) in [5.74, 6) is 1.32. The van der Waals surface area contributed by atoms with E-state index in [1.807, 2.05) is 0 Å². The van der Waals surface area contributed by atoms with Gasteiger partial charge in [-0.05, 0) is 69.0 Å². The first-order valence-corrected chi connectivity index (χ1v) is 8.14. The van der Waals surface area contributed by atoms with E-state index >= 15 is 0 Å². The third kappa shape index (κ3) is 4.68. The van der Waals surface area contributed by atoms with Crippen molar-refractivity contribution in [2.24, 2.45) is 5.92 Å². The van der Waals surface area contributed by atoms with Gasteiger partial charge in [0.2, 0.25) is 0 Å². The van der Waals surface area contributed by atoms with Gasteiger partial charge in [0.15, 0.2) is 0 Å². The molecule has 1 atom stereocenters. The first-order valence-electron chi connectivity index (χ1n) is 8.14. The Morgan fingerprint density at radius 2 is 2.00 bits per heavy atom. The molecule has 4 heteroatoms. The van der Waals surface area contributed by atoms with Crippen molar-refractivity contribution < 1.29 is 9.13 Å². The number of rotatable bonds is 7. The van der Waals surface area contributed by atoms with E-state index in [-0.39, 0.29) is 5.82 Å². The molecule has 0 radical (unpaired) electrons. The molecule has 1 unspecified atom stereocenters. The number of halogens is 1. The van der Waals surface area contributed by atoms with Crippen molar-refractivity contribution >= 4 is 0 Å². The molecule has 21 heavy (non-hydrogen) atoms. The fraction of sp³-hybridized carbons (Fsp3) is 0.647. The van der Waals surface area contributed by atoms with Gasteiger partial charge in [-0.1, -0.05) is 0 Å². The average Bonchev–Trinajstić information content (AvgIpc) is 3.34. The molecule has 0 amide bonds. The summed E-state index contributed by atoms with van der Waals surface area (Å²) in [7, 11) is 0. The highest BCUT2D eigenvalue weighted by Gasteiger charge is 2.30. The first kappa shape index (κ1) is 14.8. The van der Waals surface area contributed by atoms with Crippen molar-refractivity contribution in [2.45, 2.75) is 31.7 Å². The third-order valence-corrected chi connectivity index (χ3v) is 4.42. The fourth-order valence-corrected chi connectivity index (χ4v) is 3.09. The van der Waals surface area contributed by atoms with Gasteiger partial charge in [-0.25, -0.2) is 4.39 Å². The Hall–Kier alpha value is -1.13. The van der Waals surface area contributed by atoms with Crippen LogP contribution in [-0.4, -0.2) is 43.7 Å². The summed E-state index contributed by atoms with van der Waals surface area (Å²) in [6.45, 7) is 5.17. The van der Waals surface area contributed by atoms with E-state index in [1.165, 1.54) is 50.9 Å². The van der Waals surface area contributed by atoms with Crippen LogP contribution in [0.5, 0.6) is 5.75 Å². The SMILES string of the molecule is Fc1ccc(OCCN(CC2CCCNC2)C2CC2)cc1. The summed E-state index contributed by atoms with van der Waals surface area (Å²) in [6.07, 6.45) is 5.30. The highest BCUT2D eigenvalue weighted by atomic mass is 19.1. The van der Waals surface area contributed by atoms with Gasteiger partial charge in [0.05, 0.1) is 0 Å². The van der Waals surface area contributed by atoms with E-state index in [1.54, 1.807) is 12.1 Å². The molecule has 1 aromatic rings. The van der Waals surface area contributed by atoms with Gasteiger partial charge in [-0.15, -0.1) is 0 Å². The summed E-state index contributed by atoms with van der Waals surface area (Å²) < 4.78 is 18.6. The largest absolute Gasteiger partial charge is 0.492 e. The van der Waals surface area contributed by atoms with E-state index in [2.05, 4.69) is 10.2 Å². The Kier molecular flexibility index (Phi) is 5.09. The smallest absolute Gasteiger partial charge is 0.123 e. The molecule has 1 N–H and O–H groups in total. The molecule has 1 aromatic carbocycles. The van der Waals surface area contributed by atoms with Gasteiger partial charge in [0.25, 0.3) is 0 Å². The van der Waals surface area contributed by atoms with Crippen molar-refractivity contribution in [3.05, 3.63) is 30.1 Å². The molecular formula is C17H25FN2O. The van der Waals surface area contributed by atoms with E-state index in [0.717, 1.165) is 30.8 Å². The molecule has 0 bridgehead atoms. The van der Waals surface area contributed by atoms with Crippen LogP contribution >= 0.6 is 0 Å². The quantitative estimate of drug-likeness (QED) is 0.836. The lowest BCUT2D eigenvalue weighted by atomic mass is 9.99. The number of nitrogens with one attached hydrogen (secondary N) is 1. The van der Waals surface area contributed by atoms with Gasteiger partial charge in [0, 0.05) is 19.1 Å². The van der Waals surface area contributed by atoms with Crippen LogP contribution < -0.4 is 10.1 Å². The van der Waals surface area contributed by atoms with Crippen LogP contribution in [0.2, 0.25) is 0 Å². The topological polar surface area (TPSA) is 24.5 Å². The zero-order valence-electron chi connectivity index (χ0n) is 12.6. The molecule has 0 spiro atoms. The minimum absolute atomic E-state index is 0.216. The molecule has 3 rings (SSSR count). The molecule has 116 valence electrons. The van der Waals surface area contributed by atoms with E-state index in [9.17, 15) is 4.39 Å². The van der Waals surface area contributed by atoms with Crippen LogP contribution in [0.3, 0.4) is 0 Å². The number of benzene rings is 1. The number of nitrogens with zero attached hydrogens (tertiary/aromatic N) is 1. The predicted octanol–water partition coefficient (Wildman–Crippen LogP) is 2.67. The molecule has 1 aliphatic heterocycles. The van der Waals surface area contributed by atoms with E-state index in [0.29, 0.717) is 6.61 Å². The van der Waals surface area contributed by atoms with Gasteiger partial charge in [0.1, 0.15) is 18.2 Å². The third-order valence-electron chi connectivity index (χ3n) is 4.42. The minimum atomic E-state index is -0.216. The summed E-state index contributed by atoms with van der Waals surface area (Å²) in [6, 6.07) is 7.05. The van der Waals surface area contributed by atoms with Crippen molar-refractivity contribution in [1.82, 2.24) is 10.2 Å². The monoisotopic (exact) mass is 292 g/mol. The van der Waals surface area contributed by atoms with E-state index < -0.39 is 0 Å². The van der Waals surface area contributed by atoms with Crippen LogP contribution in [0.4, 0.5) is 4.39 Å². The predicted molar refractivity (Wildman–Crippen MR) is 82.1 cm³/mol. The molecule has 1 aliphatic carbocycles. The van der Waals surface area contributed by atoms with Crippen molar-refractivity contribution in [2.75, 3.05) is 32.8 Å². The number of ether oxygens (including phenoxy) is 1. The molecule has 1 heterocycles. The van der Waals surface area contributed by atoms with Gasteiger partial charge >= 0.3 is 0 Å². The van der Waals surface area contributed by atoms with Crippen LogP contribution in [0.15, 0.2) is 24.3 Å². The van der Waals surface area contributed by atoms with Crippen molar-refractivity contribution in [3.8, 4) is 5.75 Å². The lowest BCUT2D eigenvalue weighted by Crippen LogP contribution is -2.40. The lowest BCUT2D eigenvalue weighted by molar-refractivity contribution is 0.166. The summed E-state index contributed by atoms with van der Waals surface area (Å²) in [5.41, 5.74) is 0. The molecule has 2 fully saturated rings. The molecule has 3 nitrogen and oxygen atoms in total. The summed E-state index contributed by atoms with van der Waals surface area (Å²) in [5, 5.41) is 3.49. The normalized spacial score (nSPS) is 22.5. The molecule has 1 saturated heterocycles. The van der Waals surface area contributed by atoms with Gasteiger partial charge in [-0.2, -0.15) is 0 Å². The number of hydrogen-bond donors (Lipinski definition) is 1. The zero-order chi connectivity index (χ0) is 14.5. The Balaban J connectivity index is 1.43. The van der Waals surface area contributed by atoms with Gasteiger partial charge in [-0.3, -0.25) is 4.90 Å². The Morgan fingerprint density at radius 1 is 1.19 bits per heavy atom. The van der Waals surface area contributed by atoms with Crippen molar-refractivity contribution in [3.63, 3.8) is 0 Å². The summed E-state index contributed by atoms with van der Waals surface area (Å²) in [4.78, 5) is 2.58. The standard InChI is InChI=1S/C17H25FN2O/c18-15-3-7-17(8-4-15)21-11-10-20(16-5-6-16)13-14-2-1-9-19-12-14/h3-4,7-8,14,16,19H,1-2,5-6,9-13H2. The maximum Gasteiger partial charge on any atom is 0.123 e. The van der Waals surface area contributed by atoms with Crippen LogP contribution in [0.1, 0.15) is 25.7 Å². The summed E-state index contributed by atoms with van der Waals surface area (Å²) >= 11 is 0. The lowest BCUT2D eigenvalue weighted by Gasteiger charge is -2.30. The highest BCUT2D eigenvalue weighted by molar-refractivity contribution is 5.21. The van der Waals surface area contributed by atoms with Gasteiger partial charge < -0.3 is 10.1 Å². The highest BCUT2D eigenvalue weighted by Crippen LogP contribution is 2.28. The number of piperidine rings is 1. The second-order valence-corrected chi connectivity index (χ2v) is 6.24. The average molecular weight is 292 g/mol. The Labute approximate surface area is 126 Å². The molecule has 1 saturated carbocycles. The minimum Gasteiger partial charge on any atom is -0.492 e. The van der Waals surface area contributed by atoms with Crippen LogP contribution in [0, 0.1) is 11.7 Å². The van der Waals surface area contributed by atoms with Crippen molar-refractivity contribution in [1.29, 1.82) is 0 Å². The molecule has 0 aromatic heterocycles. The van der Waals surface area contributed by atoms with Crippen LogP contribution in [0.25, 0.3) is 0 Å². The van der Waals surface area contributed by atoms with Crippen LogP contribution in [-0.2, 0) is 0 Å². The fourth-order valence-electron chi connectivity index (χ4n) is 3.09. The second kappa shape index (κ2) is 7.23. The second-order valence-electron chi connectivity index (χ2n) is 6.24. The maximum atomic E-state index is 12.8. The van der Waals surface area contributed by atoms with E-state index in [4.69, 9.17) is 4.74 Å². The molecular weight excluding hydrogens is 267 g/mol. The Morgan fingerprint density at radius 3 is 2.67 bits per heavy atom. The molecule has 2 aliphatic rings. The number of hydrogen-bond acceptors (Lipinski definition) is 3. The first-order chi connectivity index (χ1) is 10.3. The maximum absolute atomic E-state index is 12.8. The zero-order valence-corrected chi connectivity index (χ0v) is 12.6.